The smallest absolute Gasteiger partial charge is 0.267 e. The molecule has 0 fully saturated rings. The van der Waals surface area contributed by atoms with Crippen LogP contribution in [0.3, 0.4) is 0 Å². The first-order chi connectivity index (χ1) is 13.2. The van der Waals surface area contributed by atoms with E-state index in [9.17, 15) is 4.79 Å². The molecule has 0 atom stereocenters. The van der Waals surface area contributed by atoms with E-state index in [1.807, 2.05) is 72.8 Å². The van der Waals surface area contributed by atoms with Crippen LogP contribution in [-0.4, -0.2) is 18.2 Å². The summed E-state index contributed by atoms with van der Waals surface area (Å²) in [5, 5.41) is 8.65. The number of carbonyl (C=O) groups is 1. The van der Waals surface area contributed by atoms with E-state index in [-0.39, 0.29) is 0 Å². The Morgan fingerprint density at radius 2 is 1.59 bits per heavy atom. The summed E-state index contributed by atoms with van der Waals surface area (Å²) in [5.41, 5.74) is 4.23. The summed E-state index contributed by atoms with van der Waals surface area (Å²) in [7, 11) is 1.60. The van der Waals surface area contributed by atoms with Crippen LogP contribution in [0.2, 0.25) is 0 Å². The first-order valence-corrected chi connectivity index (χ1v) is 8.33. The van der Waals surface area contributed by atoms with Crippen LogP contribution in [0.25, 0.3) is 17.2 Å². The van der Waals surface area contributed by atoms with Crippen molar-refractivity contribution in [2.75, 3.05) is 7.11 Å². The van der Waals surface area contributed by atoms with Gasteiger partial charge in [0.2, 0.25) is 0 Å². The maximum Gasteiger partial charge on any atom is 0.267 e. The van der Waals surface area contributed by atoms with Crippen molar-refractivity contribution in [1.29, 1.82) is 0 Å². The lowest BCUT2D eigenvalue weighted by atomic mass is 9.98. The number of amides is 1. The van der Waals surface area contributed by atoms with Gasteiger partial charge in [-0.3, -0.25) is 10.0 Å². The molecule has 5 heteroatoms. The van der Waals surface area contributed by atoms with Crippen molar-refractivity contribution in [3.05, 3.63) is 84.4 Å². The molecule has 0 aliphatic carbocycles. The quantitative estimate of drug-likeness (QED) is 0.380. The van der Waals surface area contributed by atoms with Crippen molar-refractivity contribution >= 4 is 12.0 Å². The molecule has 0 radical (unpaired) electrons. The van der Waals surface area contributed by atoms with Gasteiger partial charge in [-0.05, 0) is 59.2 Å². The van der Waals surface area contributed by atoms with Crippen LogP contribution in [0.4, 0.5) is 0 Å². The third-order valence-electron chi connectivity index (χ3n) is 3.93. The van der Waals surface area contributed by atoms with Crippen LogP contribution in [0.1, 0.15) is 5.56 Å². The summed E-state index contributed by atoms with van der Waals surface area (Å²) in [6.45, 7) is 0. The highest BCUT2D eigenvalue weighted by atomic mass is 16.5. The van der Waals surface area contributed by atoms with Gasteiger partial charge >= 0.3 is 0 Å². The molecule has 3 aromatic rings. The highest BCUT2D eigenvalue weighted by Gasteiger charge is 2.07. The van der Waals surface area contributed by atoms with E-state index in [0.29, 0.717) is 5.75 Å². The summed E-state index contributed by atoms with van der Waals surface area (Å²) < 4.78 is 11.1. The molecule has 0 bridgehead atoms. The topological polar surface area (TPSA) is 67.8 Å². The molecular formula is C22H19NO4. The van der Waals surface area contributed by atoms with Gasteiger partial charge in [-0.15, -0.1) is 0 Å². The molecule has 0 aliphatic heterocycles. The molecule has 0 saturated carbocycles. The molecule has 0 aromatic heterocycles. The van der Waals surface area contributed by atoms with Crippen molar-refractivity contribution in [2.24, 2.45) is 0 Å². The zero-order chi connectivity index (χ0) is 19.1. The molecule has 27 heavy (non-hydrogen) atoms. The third kappa shape index (κ3) is 4.74. The Morgan fingerprint density at radius 3 is 2.26 bits per heavy atom. The average molecular weight is 361 g/mol. The Morgan fingerprint density at radius 1 is 0.926 bits per heavy atom. The van der Waals surface area contributed by atoms with Crippen molar-refractivity contribution in [1.82, 2.24) is 5.48 Å². The maximum atomic E-state index is 11.3. The van der Waals surface area contributed by atoms with Gasteiger partial charge in [-0.2, -0.15) is 0 Å². The Balaban J connectivity index is 1.90. The molecule has 0 aliphatic rings. The molecular weight excluding hydrogens is 342 g/mol. The molecule has 0 spiro atoms. The van der Waals surface area contributed by atoms with E-state index >= 15 is 0 Å². The fraction of sp³-hybridized carbons (Fsp3) is 0.0455. The SMILES string of the molecule is COc1ccc(/C=C/C(=O)NO)c(-c2ccc(Oc3ccccc3)cc2)c1. The molecule has 3 rings (SSSR count). The van der Waals surface area contributed by atoms with E-state index in [1.165, 1.54) is 6.08 Å². The maximum absolute atomic E-state index is 11.3. The number of benzene rings is 3. The minimum atomic E-state index is -0.594. The largest absolute Gasteiger partial charge is 0.497 e. The summed E-state index contributed by atoms with van der Waals surface area (Å²) >= 11 is 0. The molecule has 2 N–H and O–H groups in total. The zero-order valence-electron chi connectivity index (χ0n) is 14.8. The molecule has 3 aromatic carbocycles. The van der Waals surface area contributed by atoms with E-state index in [0.717, 1.165) is 28.2 Å². The number of ether oxygens (including phenoxy) is 2. The van der Waals surface area contributed by atoms with E-state index in [4.69, 9.17) is 14.7 Å². The Labute approximate surface area is 157 Å². The van der Waals surface area contributed by atoms with Gasteiger partial charge in [-0.1, -0.05) is 36.4 Å². The first-order valence-electron chi connectivity index (χ1n) is 8.33. The second-order valence-corrected chi connectivity index (χ2v) is 5.70. The van der Waals surface area contributed by atoms with Gasteiger partial charge in [0.05, 0.1) is 7.11 Å². The first kappa shape index (κ1) is 18.2. The third-order valence-corrected chi connectivity index (χ3v) is 3.93. The van der Waals surface area contributed by atoms with Crippen molar-refractivity contribution in [3.63, 3.8) is 0 Å². The second kappa shape index (κ2) is 8.69. The summed E-state index contributed by atoms with van der Waals surface area (Å²) in [4.78, 5) is 11.3. The molecule has 0 heterocycles. The highest BCUT2D eigenvalue weighted by Crippen LogP contribution is 2.31. The van der Waals surface area contributed by atoms with Gasteiger partial charge < -0.3 is 9.47 Å². The predicted molar refractivity (Wildman–Crippen MR) is 104 cm³/mol. The highest BCUT2D eigenvalue weighted by molar-refractivity contribution is 5.92. The lowest BCUT2D eigenvalue weighted by Gasteiger charge is -2.11. The number of para-hydroxylation sites is 1. The lowest BCUT2D eigenvalue weighted by molar-refractivity contribution is -0.124. The zero-order valence-corrected chi connectivity index (χ0v) is 14.8. The summed E-state index contributed by atoms with van der Waals surface area (Å²) in [5.74, 6) is 1.61. The van der Waals surface area contributed by atoms with Gasteiger partial charge in [0.25, 0.3) is 5.91 Å². The normalized spacial score (nSPS) is 10.6. The molecule has 1 amide bonds. The number of rotatable bonds is 6. The fourth-order valence-corrected chi connectivity index (χ4v) is 2.59. The Hall–Kier alpha value is -3.57. The van der Waals surface area contributed by atoms with E-state index in [1.54, 1.807) is 18.7 Å². The van der Waals surface area contributed by atoms with Gasteiger partial charge in [-0.25, -0.2) is 5.48 Å². The van der Waals surface area contributed by atoms with Crippen LogP contribution in [0.15, 0.2) is 78.9 Å². The summed E-state index contributed by atoms with van der Waals surface area (Å²) in [6, 6.07) is 22.8. The van der Waals surface area contributed by atoms with Gasteiger partial charge in [0.15, 0.2) is 0 Å². The van der Waals surface area contributed by atoms with Crippen molar-refractivity contribution < 1.29 is 19.5 Å². The van der Waals surface area contributed by atoms with Crippen LogP contribution < -0.4 is 15.0 Å². The number of carbonyl (C=O) groups excluding carboxylic acids is 1. The second-order valence-electron chi connectivity index (χ2n) is 5.70. The number of methoxy groups -OCH3 is 1. The predicted octanol–water partition coefficient (Wildman–Crippen LogP) is 4.67. The minimum absolute atomic E-state index is 0.594. The van der Waals surface area contributed by atoms with Crippen LogP contribution >= 0.6 is 0 Å². The van der Waals surface area contributed by atoms with Crippen LogP contribution in [-0.2, 0) is 4.79 Å². The molecule has 136 valence electrons. The minimum Gasteiger partial charge on any atom is -0.497 e. The van der Waals surface area contributed by atoms with Crippen LogP contribution in [0.5, 0.6) is 17.2 Å². The van der Waals surface area contributed by atoms with Crippen molar-refractivity contribution in [2.45, 2.75) is 0 Å². The molecule has 0 unspecified atom stereocenters. The number of hydrogen-bond acceptors (Lipinski definition) is 4. The number of nitrogens with one attached hydrogen (secondary N) is 1. The Bertz CT molecular complexity index is 934. The molecule has 0 saturated heterocycles. The van der Waals surface area contributed by atoms with Crippen molar-refractivity contribution in [3.8, 4) is 28.4 Å². The van der Waals surface area contributed by atoms with Crippen LogP contribution in [0, 0.1) is 0 Å². The number of hydrogen-bond donors (Lipinski definition) is 2. The standard InChI is InChI=1S/C22H19NO4/c1-26-20-13-9-17(10-14-22(24)23-25)21(15-20)16-7-11-19(12-8-16)27-18-5-3-2-4-6-18/h2-15,25H,1H3,(H,23,24)/b14-10+. The Kier molecular flexibility index (Phi) is 5.87. The lowest BCUT2D eigenvalue weighted by Crippen LogP contribution is -2.14. The molecule has 5 nitrogen and oxygen atoms in total. The van der Waals surface area contributed by atoms with E-state index in [2.05, 4.69) is 0 Å². The van der Waals surface area contributed by atoms with Gasteiger partial charge in [0, 0.05) is 6.08 Å². The van der Waals surface area contributed by atoms with E-state index < -0.39 is 5.91 Å². The summed E-state index contributed by atoms with van der Waals surface area (Å²) in [6.07, 6.45) is 2.90. The monoisotopic (exact) mass is 361 g/mol. The average Bonchev–Trinajstić information content (AvgIpc) is 2.73. The fourth-order valence-electron chi connectivity index (χ4n) is 2.59. The van der Waals surface area contributed by atoms with Gasteiger partial charge in [0.1, 0.15) is 17.2 Å². The number of hydroxylamine groups is 1.